The number of aryl methyl sites for hydroxylation is 2. The molecule has 0 radical (unpaired) electrons. The van der Waals surface area contributed by atoms with Gasteiger partial charge >= 0.3 is 0 Å². The first-order valence-electron chi connectivity index (χ1n) is 13.0. The molecular weight excluding hydrogens is 382 g/mol. The number of nitrogens with zero attached hydrogens (tertiary/aromatic N) is 2. The molecule has 1 fully saturated rings. The van der Waals surface area contributed by atoms with E-state index < -0.39 is 0 Å². The topological polar surface area (TPSA) is 46.9 Å². The van der Waals surface area contributed by atoms with Crippen LogP contribution in [0.4, 0.5) is 0 Å². The lowest BCUT2D eigenvalue weighted by atomic mass is 9.89. The number of aromatic nitrogens is 2. The number of rotatable bonds is 14. The normalized spacial score (nSPS) is 14.9. The highest BCUT2D eigenvalue weighted by Gasteiger charge is 2.20. The number of carbonyl (C=O) groups excluding carboxylic acids is 1. The lowest BCUT2D eigenvalue weighted by Gasteiger charge is -2.20. The molecule has 1 aromatic carbocycles. The molecule has 0 unspecified atom stereocenters. The van der Waals surface area contributed by atoms with Crippen molar-refractivity contribution in [3.63, 3.8) is 0 Å². The monoisotopic (exact) mass is 425 g/mol. The standard InChI is InChI=1S/C27H43N3O/c1-2-3-4-5-6-7-8-14-22-30-25-19-13-12-18-24(25)29-26(30)20-15-21-28-27(31)23-16-10-9-11-17-23/h12-13,18-19,23H,2-11,14-17,20-22H2,1H3,(H,28,31). The second kappa shape index (κ2) is 13.5. The van der Waals surface area contributed by atoms with E-state index in [1.165, 1.54) is 82.0 Å². The van der Waals surface area contributed by atoms with Crippen LogP contribution >= 0.6 is 0 Å². The quantitative estimate of drug-likeness (QED) is 0.338. The molecule has 0 aliphatic heterocycles. The Bertz CT molecular complexity index is 776. The van der Waals surface area contributed by atoms with E-state index in [4.69, 9.17) is 4.98 Å². The molecular formula is C27H43N3O. The Balaban J connectivity index is 1.44. The van der Waals surface area contributed by atoms with E-state index in [1.807, 2.05) is 0 Å². The van der Waals surface area contributed by atoms with Gasteiger partial charge in [-0.3, -0.25) is 4.79 Å². The van der Waals surface area contributed by atoms with Crippen molar-refractivity contribution in [3.8, 4) is 0 Å². The van der Waals surface area contributed by atoms with Crippen LogP contribution in [-0.2, 0) is 17.8 Å². The van der Waals surface area contributed by atoms with Crippen LogP contribution in [0.25, 0.3) is 11.0 Å². The van der Waals surface area contributed by atoms with Gasteiger partial charge in [-0.1, -0.05) is 83.3 Å². The maximum absolute atomic E-state index is 12.4. The first-order chi connectivity index (χ1) is 15.3. The van der Waals surface area contributed by atoms with Crippen molar-refractivity contribution in [1.29, 1.82) is 0 Å². The Morgan fingerprint density at radius 2 is 1.68 bits per heavy atom. The van der Waals surface area contributed by atoms with Crippen LogP contribution in [0.5, 0.6) is 0 Å². The summed E-state index contributed by atoms with van der Waals surface area (Å²) in [6.45, 7) is 4.09. The number of carbonyl (C=O) groups is 1. The number of unbranched alkanes of at least 4 members (excludes halogenated alkanes) is 7. The van der Waals surface area contributed by atoms with Crippen molar-refractivity contribution in [2.45, 2.75) is 110 Å². The van der Waals surface area contributed by atoms with Gasteiger partial charge in [0.25, 0.3) is 0 Å². The highest BCUT2D eigenvalue weighted by atomic mass is 16.1. The molecule has 4 heteroatoms. The van der Waals surface area contributed by atoms with Gasteiger partial charge < -0.3 is 9.88 Å². The van der Waals surface area contributed by atoms with E-state index in [-0.39, 0.29) is 11.8 Å². The summed E-state index contributed by atoms with van der Waals surface area (Å²) in [4.78, 5) is 17.3. The number of nitrogens with one attached hydrogen (secondary N) is 1. The first-order valence-corrected chi connectivity index (χ1v) is 13.0. The van der Waals surface area contributed by atoms with E-state index in [9.17, 15) is 4.79 Å². The third-order valence-corrected chi connectivity index (χ3v) is 6.82. The number of imidazole rings is 1. The molecule has 172 valence electrons. The highest BCUT2D eigenvalue weighted by molar-refractivity contribution is 5.78. The summed E-state index contributed by atoms with van der Waals surface area (Å²) in [6.07, 6.45) is 18.5. The van der Waals surface area contributed by atoms with Gasteiger partial charge in [0.1, 0.15) is 5.82 Å². The molecule has 1 aliphatic rings. The van der Waals surface area contributed by atoms with Gasteiger partial charge in [0.05, 0.1) is 11.0 Å². The zero-order valence-electron chi connectivity index (χ0n) is 19.7. The Hall–Kier alpha value is -1.84. The molecule has 0 saturated heterocycles. The van der Waals surface area contributed by atoms with Gasteiger partial charge in [-0.2, -0.15) is 0 Å². The Morgan fingerprint density at radius 3 is 2.45 bits per heavy atom. The molecule has 4 nitrogen and oxygen atoms in total. The van der Waals surface area contributed by atoms with E-state index in [2.05, 4.69) is 41.1 Å². The van der Waals surface area contributed by atoms with Gasteiger partial charge in [-0.25, -0.2) is 4.98 Å². The zero-order chi connectivity index (χ0) is 21.7. The average molecular weight is 426 g/mol. The van der Waals surface area contributed by atoms with Gasteiger partial charge in [-0.05, 0) is 37.8 Å². The number of benzene rings is 1. The van der Waals surface area contributed by atoms with E-state index in [0.29, 0.717) is 0 Å². The van der Waals surface area contributed by atoms with Crippen LogP contribution in [0.15, 0.2) is 24.3 Å². The average Bonchev–Trinajstić information content (AvgIpc) is 3.16. The summed E-state index contributed by atoms with van der Waals surface area (Å²) in [5.41, 5.74) is 2.36. The predicted molar refractivity (Wildman–Crippen MR) is 130 cm³/mol. The smallest absolute Gasteiger partial charge is 0.223 e. The number of amides is 1. The fourth-order valence-corrected chi connectivity index (χ4v) is 4.94. The van der Waals surface area contributed by atoms with Crippen LogP contribution in [0.2, 0.25) is 0 Å². The van der Waals surface area contributed by atoms with Crippen molar-refractivity contribution in [2.75, 3.05) is 6.54 Å². The molecule has 1 saturated carbocycles. The largest absolute Gasteiger partial charge is 0.356 e. The number of fused-ring (bicyclic) bond motifs is 1. The molecule has 3 rings (SSSR count). The van der Waals surface area contributed by atoms with E-state index in [0.717, 1.165) is 44.3 Å². The van der Waals surface area contributed by atoms with Crippen molar-refractivity contribution in [3.05, 3.63) is 30.1 Å². The summed E-state index contributed by atoms with van der Waals surface area (Å²) in [7, 11) is 0. The summed E-state index contributed by atoms with van der Waals surface area (Å²) in [5.74, 6) is 1.70. The minimum absolute atomic E-state index is 0.250. The molecule has 1 amide bonds. The molecule has 0 spiro atoms. The molecule has 31 heavy (non-hydrogen) atoms. The molecule has 0 atom stereocenters. The van der Waals surface area contributed by atoms with Gasteiger partial charge in [0.2, 0.25) is 5.91 Å². The molecule has 0 bridgehead atoms. The Labute approximate surface area is 189 Å². The molecule has 1 aliphatic carbocycles. The third-order valence-electron chi connectivity index (χ3n) is 6.82. The summed E-state index contributed by atoms with van der Waals surface area (Å²) < 4.78 is 2.43. The molecule has 1 aromatic heterocycles. The third kappa shape index (κ3) is 7.66. The predicted octanol–water partition coefficient (Wildman–Crippen LogP) is 6.81. The summed E-state index contributed by atoms with van der Waals surface area (Å²) in [6, 6.07) is 8.50. The Kier molecular flexibility index (Phi) is 10.4. The number of para-hydroxylation sites is 2. The molecule has 2 aromatic rings. The van der Waals surface area contributed by atoms with E-state index >= 15 is 0 Å². The zero-order valence-corrected chi connectivity index (χ0v) is 19.7. The number of hydrogen-bond donors (Lipinski definition) is 1. The van der Waals surface area contributed by atoms with Crippen LogP contribution in [-0.4, -0.2) is 22.0 Å². The summed E-state index contributed by atoms with van der Waals surface area (Å²) >= 11 is 0. The van der Waals surface area contributed by atoms with Crippen molar-refractivity contribution in [1.82, 2.24) is 14.9 Å². The Morgan fingerprint density at radius 1 is 0.968 bits per heavy atom. The van der Waals surface area contributed by atoms with Crippen molar-refractivity contribution >= 4 is 16.9 Å². The van der Waals surface area contributed by atoms with E-state index in [1.54, 1.807) is 0 Å². The fourth-order valence-electron chi connectivity index (χ4n) is 4.94. The van der Waals surface area contributed by atoms with Gasteiger partial charge in [-0.15, -0.1) is 0 Å². The highest BCUT2D eigenvalue weighted by Crippen LogP contribution is 2.23. The second-order valence-electron chi connectivity index (χ2n) is 9.37. The van der Waals surface area contributed by atoms with Crippen LogP contribution in [0, 0.1) is 5.92 Å². The van der Waals surface area contributed by atoms with Gasteiger partial charge in [0.15, 0.2) is 0 Å². The van der Waals surface area contributed by atoms with Crippen LogP contribution in [0.3, 0.4) is 0 Å². The maximum Gasteiger partial charge on any atom is 0.223 e. The SMILES string of the molecule is CCCCCCCCCCn1c(CCCNC(=O)C2CCCCC2)nc2ccccc21. The molecule has 1 heterocycles. The lowest BCUT2D eigenvalue weighted by Crippen LogP contribution is -2.32. The summed E-state index contributed by atoms with van der Waals surface area (Å²) in [5, 5.41) is 3.18. The van der Waals surface area contributed by atoms with Crippen molar-refractivity contribution < 1.29 is 4.79 Å². The molecule has 1 N–H and O–H groups in total. The van der Waals surface area contributed by atoms with Crippen molar-refractivity contribution in [2.24, 2.45) is 5.92 Å². The first kappa shape index (κ1) is 23.8. The number of hydrogen-bond acceptors (Lipinski definition) is 2. The van der Waals surface area contributed by atoms with Crippen LogP contribution in [0.1, 0.15) is 103 Å². The van der Waals surface area contributed by atoms with Gasteiger partial charge in [0, 0.05) is 25.4 Å². The second-order valence-corrected chi connectivity index (χ2v) is 9.37. The lowest BCUT2D eigenvalue weighted by molar-refractivity contribution is -0.125. The van der Waals surface area contributed by atoms with Crippen LogP contribution < -0.4 is 5.32 Å². The minimum Gasteiger partial charge on any atom is -0.356 e. The fraction of sp³-hybridized carbons (Fsp3) is 0.704. The maximum atomic E-state index is 12.4. The minimum atomic E-state index is 0.250.